The summed E-state index contributed by atoms with van der Waals surface area (Å²) in [4.78, 5) is 80.3. The van der Waals surface area contributed by atoms with Crippen LogP contribution in [0.15, 0.2) is 54.6 Å². The first-order chi connectivity index (χ1) is 23.0. The second-order valence-corrected chi connectivity index (χ2v) is 11.6. The fourth-order valence-electron chi connectivity index (χ4n) is 3.37. The van der Waals surface area contributed by atoms with E-state index < -0.39 is 73.8 Å². The van der Waals surface area contributed by atoms with Gasteiger partial charge in [-0.2, -0.15) is 0 Å². The Bertz CT molecular complexity index is 1640. The molecule has 260 valence electrons. The molecule has 0 bridgehead atoms. The molecule has 3 aromatic carbocycles. The van der Waals surface area contributed by atoms with Crippen molar-refractivity contribution in [2.24, 2.45) is 0 Å². The Labute approximate surface area is 306 Å². The fourth-order valence-corrected chi connectivity index (χ4v) is 5.03. The van der Waals surface area contributed by atoms with E-state index in [2.05, 4.69) is 4.74 Å². The normalized spacial score (nSPS) is 10.8. The lowest BCUT2D eigenvalue weighted by Gasteiger charge is -2.13. The number of hydrogen-bond acceptors (Lipinski definition) is 10. The van der Waals surface area contributed by atoms with Crippen molar-refractivity contribution in [3.8, 4) is 0 Å². The number of carbonyl (C=O) groups excluding carboxylic acids is 5. The molecule has 49 heavy (non-hydrogen) atoms. The molecule has 0 heterocycles. The van der Waals surface area contributed by atoms with Crippen molar-refractivity contribution in [3.05, 3.63) is 101 Å². The molecule has 3 N–H and O–H groups in total. The van der Waals surface area contributed by atoms with E-state index in [0.29, 0.717) is 0 Å². The zero-order chi connectivity index (χ0) is 36.8. The number of ether oxygens (including phenoxy) is 3. The zero-order valence-corrected chi connectivity index (χ0v) is 28.9. The van der Waals surface area contributed by atoms with Gasteiger partial charge in [0, 0.05) is 0 Å². The quantitative estimate of drug-likeness (QED) is 0.133. The second-order valence-electron chi connectivity index (χ2n) is 9.11. The minimum Gasteiger partial charge on any atom is -0.481 e. The SMILES string of the molecule is O=C(COC(=O)c1c(Cl)cccc1Cl)COC(=O)c1c(Cl)cccc1Cl.O=C(O)C[C@H](NC(=O)COC(=O)c1c(Cl)cccc1Cl)C(=O)O. The number of carboxylic acid groups (broad SMARTS) is 2. The van der Waals surface area contributed by atoms with Gasteiger partial charge >= 0.3 is 29.8 Å². The first-order valence-corrected chi connectivity index (χ1v) is 15.4. The predicted octanol–water partition coefficient (Wildman–Crippen LogP) is 6.08. The van der Waals surface area contributed by atoms with Crippen molar-refractivity contribution in [1.29, 1.82) is 0 Å². The van der Waals surface area contributed by atoms with Crippen LogP contribution in [0, 0.1) is 0 Å². The predicted molar refractivity (Wildman–Crippen MR) is 177 cm³/mol. The van der Waals surface area contributed by atoms with E-state index in [-0.39, 0.29) is 46.8 Å². The van der Waals surface area contributed by atoms with Crippen molar-refractivity contribution in [1.82, 2.24) is 5.32 Å². The summed E-state index contributed by atoms with van der Waals surface area (Å²) in [6, 6.07) is 11.6. The molecule has 0 aliphatic rings. The largest absolute Gasteiger partial charge is 0.481 e. The number of Topliss-reactive ketones (excluding diaryl/α,β-unsaturated/α-hetero) is 1. The smallest absolute Gasteiger partial charge is 0.341 e. The third-order valence-electron chi connectivity index (χ3n) is 5.58. The summed E-state index contributed by atoms with van der Waals surface area (Å²) in [5, 5.41) is 19.7. The molecule has 13 nitrogen and oxygen atoms in total. The highest BCUT2D eigenvalue weighted by Crippen LogP contribution is 2.27. The molecule has 0 spiro atoms. The molecule has 0 radical (unpaired) electrons. The Kier molecular flexibility index (Phi) is 16.6. The number of benzene rings is 3. The third kappa shape index (κ3) is 13.0. The summed E-state index contributed by atoms with van der Waals surface area (Å²) in [6.45, 7) is -2.06. The van der Waals surface area contributed by atoms with Gasteiger partial charge in [0.2, 0.25) is 5.78 Å². The molecule has 0 fully saturated rings. The molecule has 0 saturated carbocycles. The van der Waals surface area contributed by atoms with Crippen LogP contribution in [0.4, 0.5) is 0 Å². The van der Waals surface area contributed by atoms with Crippen LogP contribution >= 0.6 is 69.6 Å². The van der Waals surface area contributed by atoms with Gasteiger partial charge < -0.3 is 29.7 Å². The van der Waals surface area contributed by atoms with E-state index in [1.807, 2.05) is 5.32 Å². The molecule has 0 aromatic heterocycles. The van der Waals surface area contributed by atoms with Crippen LogP contribution in [0.25, 0.3) is 0 Å². The summed E-state index contributed by atoms with van der Waals surface area (Å²) in [5.74, 6) is -7.27. The lowest BCUT2D eigenvalue weighted by Crippen LogP contribution is -2.44. The molecule has 3 rings (SSSR count). The highest BCUT2D eigenvalue weighted by Gasteiger charge is 2.24. The Balaban J connectivity index is 0.000000343. The number of carbonyl (C=O) groups is 7. The monoisotopic (exact) mass is 797 g/mol. The Hall–Kier alpha value is -4.11. The van der Waals surface area contributed by atoms with Gasteiger partial charge in [-0.25, -0.2) is 19.2 Å². The maximum absolute atomic E-state index is 12.0. The molecule has 1 amide bonds. The topological polar surface area (TPSA) is 200 Å². The van der Waals surface area contributed by atoms with Gasteiger partial charge in [-0.05, 0) is 36.4 Å². The molecule has 19 heteroatoms. The van der Waals surface area contributed by atoms with E-state index in [4.69, 9.17) is 89.3 Å². The van der Waals surface area contributed by atoms with Crippen molar-refractivity contribution in [2.75, 3.05) is 19.8 Å². The van der Waals surface area contributed by atoms with Crippen molar-refractivity contribution in [2.45, 2.75) is 12.5 Å². The lowest BCUT2D eigenvalue weighted by atomic mass is 10.2. The molecule has 3 aromatic rings. The minimum absolute atomic E-state index is 0.0252. The van der Waals surface area contributed by atoms with Crippen molar-refractivity contribution < 1.29 is 58.0 Å². The second kappa shape index (κ2) is 19.8. The van der Waals surface area contributed by atoms with E-state index >= 15 is 0 Å². The molecular formula is C30H21Cl6NO12. The van der Waals surface area contributed by atoms with Crippen LogP contribution in [0.5, 0.6) is 0 Å². The number of aliphatic carboxylic acids is 2. The Morgan fingerprint density at radius 2 is 0.857 bits per heavy atom. The van der Waals surface area contributed by atoms with Crippen LogP contribution < -0.4 is 5.32 Å². The molecule has 0 aliphatic carbocycles. The average molecular weight is 800 g/mol. The average Bonchev–Trinajstić information content (AvgIpc) is 3.01. The molecule has 0 unspecified atom stereocenters. The summed E-state index contributed by atoms with van der Waals surface area (Å²) < 4.78 is 14.3. The lowest BCUT2D eigenvalue weighted by molar-refractivity contribution is -0.147. The van der Waals surface area contributed by atoms with Gasteiger partial charge in [0.1, 0.15) is 6.04 Å². The summed E-state index contributed by atoms with van der Waals surface area (Å²) in [7, 11) is 0. The summed E-state index contributed by atoms with van der Waals surface area (Å²) >= 11 is 35.1. The van der Waals surface area contributed by atoms with Crippen LogP contribution in [-0.2, 0) is 33.4 Å². The standard InChI is InChI=1S/C17H10Cl4O5.C13H11Cl2NO7/c18-10-3-1-4-11(19)14(10)16(23)25-7-9(22)8-26-17(24)15-12(20)5-2-6-13(15)21;14-6-2-1-3-7(15)11(6)13(22)23-5-9(17)16-8(12(20)21)4-10(18)19/h1-6H,7-8H2;1-3,8H,4-5H2,(H,16,17)(H,18,19)(H,20,21)/t;8-/m.0/s1. The van der Waals surface area contributed by atoms with Gasteiger partial charge in [-0.1, -0.05) is 87.8 Å². The highest BCUT2D eigenvalue weighted by molar-refractivity contribution is 6.40. The summed E-state index contributed by atoms with van der Waals surface area (Å²) in [6.07, 6.45) is -0.814. The zero-order valence-electron chi connectivity index (χ0n) is 24.3. The molecular weight excluding hydrogens is 779 g/mol. The number of nitrogens with one attached hydrogen (secondary N) is 1. The molecule has 0 saturated heterocycles. The third-order valence-corrected chi connectivity index (χ3v) is 7.47. The van der Waals surface area contributed by atoms with Crippen LogP contribution in [-0.4, -0.2) is 77.6 Å². The van der Waals surface area contributed by atoms with E-state index in [1.165, 1.54) is 42.5 Å². The number of ketones is 1. The van der Waals surface area contributed by atoms with Crippen molar-refractivity contribution >= 4 is 111 Å². The van der Waals surface area contributed by atoms with E-state index in [0.717, 1.165) is 0 Å². The molecule has 1 atom stereocenters. The number of esters is 3. The van der Waals surface area contributed by atoms with E-state index in [1.54, 1.807) is 12.1 Å². The Morgan fingerprint density at radius 1 is 0.551 bits per heavy atom. The number of halogens is 6. The molecule has 0 aliphatic heterocycles. The minimum atomic E-state index is -1.64. The van der Waals surface area contributed by atoms with E-state index in [9.17, 15) is 33.6 Å². The van der Waals surface area contributed by atoms with Gasteiger partial charge in [0.15, 0.2) is 19.8 Å². The van der Waals surface area contributed by atoms with Gasteiger partial charge in [0.05, 0.1) is 53.2 Å². The van der Waals surface area contributed by atoms with Gasteiger partial charge in [-0.15, -0.1) is 0 Å². The first kappa shape index (κ1) is 41.1. The van der Waals surface area contributed by atoms with Gasteiger partial charge in [0.25, 0.3) is 5.91 Å². The Morgan fingerprint density at radius 3 is 1.14 bits per heavy atom. The maximum atomic E-state index is 12.0. The fraction of sp³-hybridized carbons (Fsp3) is 0.167. The highest BCUT2D eigenvalue weighted by atomic mass is 35.5. The number of amides is 1. The number of hydrogen-bond donors (Lipinski definition) is 3. The maximum Gasteiger partial charge on any atom is 0.341 e. The number of rotatable bonds is 13. The summed E-state index contributed by atoms with van der Waals surface area (Å²) in [5.41, 5.74) is -0.240. The first-order valence-electron chi connectivity index (χ1n) is 13.1. The van der Waals surface area contributed by atoms with Gasteiger partial charge in [-0.3, -0.25) is 14.4 Å². The van der Waals surface area contributed by atoms with Crippen molar-refractivity contribution in [3.63, 3.8) is 0 Å². The van der Waals surface area contributed by atoms with Crippen LogP contribution in [0.2, 0.25) is 30.1 Å². The number of carboxylic acids is 2. The van der Waals surface area contributed by atoms with Crippen LogP contribution in [0.3, 0.4) is 0 Å². The van der Waals surface area contributed by atoms with Crippen LogP contribution in [0.1, 0.15) is 37.5 Å².